The summed E-state index contributed by atoms with van der Waals surface area (Å²) in [5, 5.41) is 0. The lowest BCUT2D eigenvalue weighted by molar-refractivity contribution is -0.159. The van der Waals surface area contributed by atoms with Crippen molar-refractivity contribution in [3.8, 4) is 0 Å². The molecule has 0 bridgehead atoms. The van der Waals surface area contributed by atoms with Crippen molar-refractivity contribution in [3.63, 3.8) is 0 Å². The van der Waals surface area contributed by atoms with Gasteiger partial charge in [-0.1, -0.05) is 0 Å². The number of hydrogen-bond donors (Lipinski definition) is 0. The molecule has 0 aromatic carbocycles. The van der Waals surface area contributed by atoms with Crippen LogP contribution in [-0.4, -0.2) is 53.4 Å². The van der Waals surface area contributed by atoms with E-state index in [9.17, 15) is 52.0 Å². The van der Waals surface area contributed by atoms with E-state index in [-0.39, 0.29) is 0 Å². The van der Waals surface area contributed by atoms with Crippen LogP contribution in [0.25, 0.3) is 0 Å². The van der Waals surface area contributed by atoms with Gasteiger partial charge in [0.05, 0.1) is 13.2 Å². The zero-order chi connectivity index (χ0) is 19.4. The predicted molar refractivity (Wildman–Crippen MR) is 60.9 cm³/mol. The van der Waals surface area contributed by atoms with Gasteiger partial charge >= 0.3 is 43.6 Å². The molecule has 0 saturated carbocycles. The van der Waals surface area contributed by atoms with Gasteiger partial charge in [0.2, 0.25) is 0 Å². The minimum atomic E-state index is -5.72. The molecule has 0 aliphatic carbocycles. The minimum absolute atomic E-state index is 0.525. The van der Waals surface area contributed by atoms with Crippen LogP contribution >= 0.6 is 0 Å². The molecule has 0 spiro atoms. The van der Waals surface area contributed by atoms with Gasteiger partial charge in [0, 0.05) is 0 Å². The maximum Gasteiger partial charge on any atom is 0.436 e. The smallest absolute Gasteiger partial charge is 0.268 e. The van der Waals surface area contributed by atoms with E-state index >= 15 is 0 Å². The van der Waals surface area contributed by atoms with Crippen LogP contribution in [0.2, 0.25) is 0 Å². The fraction of sp³-hybridized carbons (Fsp3) is 1.00. The Morgan fingerprint density at radius 1 is 0.667 bits per heavy atom. The first kappa shape index (κ1) is 23.3. The molecule has 0 aromatic heterocycles. The molecule has 6 nitrogen and oxygen atoms in total. The first-order chi connectivity index (χ1) is 10.5. The summed E-state index contributed by atoms with van der Waals surface area (Å²) in [5.41, 5.74) is -8.58. The molecule has 0 saturated heterocycles. The summed E-state index contributed by atoms with van der Waals surface area (Å²) in [4.78, 5) is 0. The highest BCUT2D eigenvalue weighted by Gasteiger charge is 2.51. The minimum Gasteiger partial charge on any atom is -0.268 e. The van der Waals surface area contributed by atoms with Crippen molar-refractivity contribution in [2.24, 2.45) is 0 Å². The highest BCUT2D eigenvalue weighted by molar-refractivity contribution is 7.87. The fourth-order valence-electron chi connectivity index (χ4n) is 1.00. The van der Waals surface area contributed by atoms with E-state index in [0.29, 0.717) is 0 Å². The SMILES string of the molecule is O=S(=O)(OCCCCOS(=O)(=O)C(F)C(F)(F)F)C(F)C(F)(F)F. The van der Waals surface area contributed by atoms with Gasteiger partial charge in [0.25, 0.3) is 0 Å². The Hall–Kier alpha value is -0.740. The van der Waals surface area contributed by atoms with Crippen molar-refractivity contribution in [1.29, 1.82) is 0 Å². The molecule has 24 heavy (non-hydrogen) atoms. The van der Waals surface area contributed by atoms with Gasteiger partial charge < -0.3 is 0 Å². The Labute approximate surface area is 131 Å². The van der Waals surface area contributed by atoms with Gasteiger partial charge in [-0.25, -0.2) is 8.78 Å². The van der Waals surface area contributed by atoms with Crippen LogP contribution in [0.1, 0.15) is 12.8 Å². The quantitative estimate of drug-likeness (QED) is 0.324. The summed E-state index contributed by atoms with van der Waals surface area (Å²) in [7, 11) is -11.3. The second-order valence-corrected chi connectivity index (χ2v) is 7.32. The largest absolute Gasteiger partial charge is 0.436 e. The van der Waals surface area contributed by atoms with E-state index in [4.69, 9.17) is 0 Å². The van der Waals surface area contributed by atoms with E-state index in [2.05, 4.69) is 8.37 Å². The summed E-state index contributed by atoms with van der Waals surface area (Å²) in [6, 6.07) is 0. The third-order valence-electron chi connectivity index (χ3n) is 2.06. The number of halogens is 8. The molecule has 16 heteroatoms. The van der Waals surface area contributed by atoms with E-state index in [1.807, 2.05) is 0 Å². The number of hydrogen-bond acceptors (Lipinski definition) is 6. The number of alkyl halides is 8. The number of rotatable bonds is 9. The predicted octanol–water partition coefficient (Wildman–Crippen LogP) is 2.18. The van der Waals surface area contributed by atoms with E-state index < -0.39 is 69.7 Å². The molecular formula is C8H10F8O6S2. The van der Waals surface area contributed by atoms with Crippen molar-refractivity contribution >= 4 is 20.2 Å². The van der Waals surface area contributed by atoms with Crippen LogP contribution in [0, 0.1) is 0 Å². The first-order valence-electron chi connectivity index (χ1n) is 5.70. The summed E-state index contributed by atoms with van der Waals surface area (Å²) in [5.74, 6) is 0. The third-order valence-corrected chi connectivity index (χ3v) is 4.59. The Kier molecular flexibility index (Phi) is 7.84. The van der Waals surface area contributed by atoms with Gasteiger partial charge in [-0.05, 0) is 12.8 Å². The summed E-state index contributed by atoms with van der Waals surface area (Å²) < 4.78 is 146. The second-order valence-electron chi connectivity index (χ2n) is 4.05. The molecular weight excluding hydrogens is 408 g/mol. The van der Waals surface area contributed by atoms with E-state index in [1.54, 1.807) is 0 Å². The molecule has 0 rings (SSSR count). The van der Waals surface area contributed by atoms with Crippen molar-refractivity contribution in [2.45, 2.75) is 36.2 Å². The molecule has 146 valence electrons. The molecule has 2 atom stereocenters. The summed E-state index contributed by atoms with van der Waals surface area (Å²) in [6.45, 7) is -2.05. The highest BCUT2D eigenvalue weighted by Crippen LogP contribution is 2.29. The lowest BCUT2D eigenvalue weighted by Crippen LogP contribution is -2.34. The maximum absolute atomic E-state index is 12.5. The van der Waals surface area contributed by atoms with Gasteiger partial charge in [0.15, 0.2) is 0 Å². The summed E-state index contributed by atoms with van der Waals surface area (Å²) in [6.07, 6.45) is -12.5. The van der Waals surface area contributed by atoms with Crippen LogP contribution in [0.4, 0.5) is 35.1 Å². The van der Waals surface area contributed by atoms with E-state index in [0.717, 1.165) is 0 Å². The molecule has 0 aliphatic rings. The molecule has 0 N–H and O–H groups in total. The monoisotopic (exact) mass is 418 g/mol. The Bertz CT molecular complexity index is 541. The van der Waals surface area contributed by atoms with Gasteiger partial charge in [-0.15, -0.1) is 0 Å². The highest BCUT2D eigenvalue weighted by atomic mass is 32.2. The average Bonchev–Trinajstić information content (AvgIpc) is 2.38. The molecule has 0 fully saturated rings. The Morgan fingerprint density at radius 2 is 0.917 bits per heavy atom. The second kappa shape index (κ2) is 8.09. The standard InChI is InChI=1S/C8H10F8O6S2/c9-5(7(11,12)13)23(17,18)21-3-1-2-4-22-24(19,20)6(10)8(14,15)16/h5-6H,1-4H2. The van der Waals surface area contributed by atoms with Crippen molar-refractivity contribution in [1.82, 2.24) is 0 Å². The molecule has 0 aromatic rings. The zero-order valence-electron chi connectivity index (χ0n) is 11.3. The average molecular weight is 418 g/mol. The van der Waals surface area contributed by atoms with Crippen LogP contribution in [0.5, 0.6) is 0 Å². The van der Waals surface area contributed by atoms with Gasteiger partial charge in [-0.2, -0.15) is 43.2 Å². The normalized spacial score (nSPS) is 16.8. The van der Waals surface area contributed by atoms with Crippen LogP contribution in [-0.2, 0) is 28.6 Å². The van der Waals surface area contributed by atoms with Gasteiger partial charge in [-0.3, -0.25) is 8.37 Å². The molecule has 0 amide bonds. The Balaban J connectivity index is 4.26. The van der Waals surface area contributed by atoms with Crippen LogP contribution in [0.15, 0.2) is 0 Å². The summed E-state index contributed by atoms with van der Waals surface area (Å²) >= 11 is 0. The third kappa shape index (κ3) is 7.43. The van der Waals surface area contributed by atoms with Crippen molar-refractivity contribution in [2.75, 3.05) is 13.2 Å². The zero-order valence-corrected chi connectivity index (χ0v) is 12.9. The lowest BCUT2D eigenvalue weighted by atomic mass is 10.3. The number of unbranched alkanes of at least 4 members (excludes halogenated alkanes) is 1. The van der Waals surface area contributed by atoms with Crippen LogP contribution < -0.4 is 0 Å². The topological polar surface area (TPSA) is 86.7 Å². The van der Waals surface area contributed by atoms with Crippen LogP contribution in [0.3, 0.4) is 0 Å². The fourth-order valence-corrected chi connectivity index (χ4v) is 2.60. The molecule has 0 heterocycles. The first-order valence-corrected chi connectivity index (χ1v) is 8.64. The molecule has 0 radical (unpaired) electrons. The van der Waals surface area contributed by atoms with Gasteiger partial charge in [0.1, 0.15) is 0 Å². The lowest BCUT2D eigenvalue weighted by Gasteiger charge is -2.13. The molecule has 0 aliphatic heterocycles. The van der Waals surface area contributed by atoms with E-state index in [1.165, 1.54) is 0 Å². The van der Waals surface area contributed by atoms with Crippen molar-refractivity contribution in [3.05, 3.63) is 0 Å². The Morgan fingerprint density at radius 3 is 1.12 bits per heavy atom. The maximum atomic E-state index is 12.5. The van der Waals surface area contributed by atoms with Crippen molar-refractivity contribution < 1.29 is 60.3 Å². The molecule has 2 unspecified atom stereocenters.